The van der Waals surface area contributed by atoms with Crippen molar-refractivity contribution in [2.75, 3.05) is 5.73 Å². The van der Waals surface area contributed by atoms with Crippen molar-refractivity contribution in [3.63, 3.8) is 0 Å². The minimum Gasteiger partial charge on any atom is -0.396 e. The standard InChI is InChI=1S/C10H8F2N2/c11-9-7(3-1-2-6-13)4-5-8(14)10(9)12/h1,3-5H,2,14H2. The maximum atomic E-state index is 13.1. The topological polar surface area (TPSA) is 49.8 Å². The van der Waals surface area contributed by atoms with Crippen LogP contribution in [0.5, 0.6) is 0 Å². The molecule has 0 aliphatic carbocycles. The smallest absolute Gasteiger partial charge is 0.182 e. The minimum atomic E-state index is -1.05. The van der Waals surface area contributed by atoms with E-state index in [1.165, 1.54) is 24.3 Å². The maximum Gasteiger partial charge on any atom is 0.182 e. The van der Waals surface area contributed by atoms with Crippen LogP contribution in [0.15, 0.2) is 18.2 Å². The number of hydrogen-bond donors (Lipinski definition) is 1. The molecule has 0 amide bonds. The Kier molecular flexibility index (Phi) is 3.19. The highest BCUT2D eigenvalue weighted by molar-refractivity contribution is 5.55. The van der Waals surface area contributed by atoms with Crippen molar-refractivity contribution in [1.29, 1.82) is 5.26 Å². The molecule has 0 saturated carbocycles. The van der Waals surface area contributed by atoms with Gasteiger partial charge in [0.1, 0.15) is 0 Å². The number of nitriles is 1. The molecule has 72 valence electrons. The number of rotatable bonds is 2. The summed E-state index contributed by atoms with van der Waals surface area (Å²) >= 11 is 0. The van der Waals surface area contributed by atoms with Gasteiger partial charge in [0.05, 0.1) is 18.2 Å². The van der Waals surface area contributed by atoms with Crippen LogP contribution < -0.4 is 5.73 Å². The van der Waals surface area contributed by atoms with Crippen LogP contribution >= 0.6 is 0 Å². The zero-order valence-corrected chi connectivity index (χ0v) is 7.30. The van der Waals surface area contributed by atoms with Gasteiger partial charge in [0, 0.05) is 5.56 Å². The summed E-state index contributed by atoms with van der Waals surface area (Å²) in [6, 6.07) is 4.50. The van der Waals surface area contributed by atoms with E-state index in [-0.39, 0.29) is 17.7 Å². The first-order chi connectivity index (χ1) is 6.66. The van der Waals surface area contributed by atoms with Crippen molar-refractivity contribution in [3.8, 4) is 6.07 Å². The van der Waals surface area contributed by atoms with E-state index in [0.717, 1.165) is 0 Å². The van der Waals surface area contributed by atoms with Gasteiger partial charge >= 0.3 is 0 Å². The number of nitrogens with zero attached hydrogens (tertiary/aromatic N) is 1. The Balaban J connectivity index is 3.01. The second-order valence-corrected chi connectivity index (χ2v) is 2.64. The molecule has 0 aromatic heterocycles. The van der Waals surface area contributed by atoms with Crippen LogP contribution in [-0.2, 0) is 0 Å². The Morgan fingerprint density at radius 2 is 2.07 bits per heavy atom. The van der Waals surface area contributed by atoms with Gasteiger partial charge < -0.3 is 5.73 Å². The van der Waals surface area contributed by atoms with E-state index in [1.54, 1.807) is 0 Å². The van der Waals surface area contributed by atoms with Crippen LogP contribution in [0.4, 0.5) is 14.5 Å². The third-order valence-electron chi connectivity index (χ3n) is 1.65. The summed E-state index contributed by atoms with van der Waals surface area (Å²) in [5, 5.41) is 8.22. The molecule has 0 unspecified atom stereocenters. The fourth-order valence-electron chi connectivity index (χ4n) is 0.947. The molecular formula is C10H8F2N2. The predicted octanol–water partition coefficient (Wildman–Crippen LogP) is 2.47. The molecule has 0 bridgehead atoms. The van der Waals surface area contributed by atoms with Gasteiger partial charge in [-0.05, 0) is 12.1 Å². The zero-order chi connectivity index (χ0) is 10.6. The van der Waals surface area contributed by atoms with Gasteiger partial charge in [-0.1, -0.05) is 12.2 Å². The number of nitrogen functional groups attached to an aromatic ring is 1. The molecule has 2 nitrogen and oxygen atoms in total. The highest BCUT2D eigenvalue weighted by atomic mass is 19.2. The van der Waals surface area contributed by atoms with Crippen molar-refractivity contribution < 1.29 is 8.78 Å². The number of benzene rings is 1. The van der Waals surface area contributed by atoms with Crippen LogP contribution in [0, 0.1) is 23.0 Å². The second kappa shape index (κ2) is 4.38. The first-order valence-electron chi connectivity index (χ1n) is 3.93. The molecular weight excluding hydrogens is 186 g/mol. The molecule has 0 spiro atoms. The molecule has 0 radical (unpaired) electrons. The summed E-state index contributed by atoms with van der Waals surface area (Å²) in [6.07, 6.45) is 2.96. The van der Waals surface area contributed by atoms with E-state index in [2.05, 4.69) is 0 Å². The number of allylic oxidation sites excluding steroid dienone is 1. The molecule has 1 rings (SSSR count). The minimum absolute atomic E-state index is 0.0898. The summed E-state index contributed by atoms with van der Waals surface area (Å²) in [4.78, 5) is 0. The summed E-state index contributed by atoms with van der Waals surface area (Å²) in [7, 11) is 0. The predicted molar refractivity (Wildman–Crippen MR) is 50.0 cm³/mol. The van der Waals surface area contributed by atoms with Gasteiger partial charge in [0.25, 0.3) is 0 Å². The Bertz CT molecular complexity index is 405. The Morgan fingerprint density at radius 3 is 2.71 bits per heavy atom. The van der Waals surface area contributed by atoms with Crippen LogP contribution in [-0.4, -0.2) is 0 Å². The fourth-order valence-corrected chi connectivity index (χ4v) is 0.947. The molecule has 4 heteroatoms. The van der Waals surface area contributed by atoms with E-state index < -0.39 is 11.6 Å². The molecule has 0 aliphatic rings. The van der Waals surface area contributed by atoms with Crippen molar-refractivity contribution >= 4 is 11.8 Å². The van der Waals surface area contributed by atoms with Gasteiger partial charge in [-0.15, -0.1) is 0 Å². The normalized spacial score (nSPS) is 10.4. The Morgan fingerprint density at radius 1 is 1.36 bits per heavy atom. The summed E-state index contributed by atoms with van der Waals surface area (Å²) < 4.78 is 26.0. The third-order valence-corrected chi connectivity index (χ3v) is 1.65. The Hall–Kier alpha value is -1.89. The monoisotopic (exact) mass is 194 g/mol. The lowest BCUT2D eigenvalue weighted by molar-refractivity contribution is 0.510. The van der Waals surface area contributed by atoms with E-state index in [0.29, 0.717) is 0 Å². The van der Waals surface area contributed by atoms with E-state index in [1.807, 2.05) is 6.07 Å². The maximum absolute atomic E-state index is 13.1. The van der Waals surface area contributed by atoms with Gasteiger partial charge in [-0.25, -0.2) is 8.78 Å². The van der Waals surface area contributed by atoms with Crippen molar-refractivity contribution in [2.24, 2.45) is 0 Å². The quantitative estimate of drug-likeness (QED) is 0.735. The number of hydrogen-bond acceptors (Lipinski definition) is 2. The first-order valence-corrected chi connectivity index (χ1v) is 3.93. The first kappa shape index (κ1) is 10.2. The van der Waals surface area contributed by atoms with Crippen LogP contribution in [0.1, 0.15) is 12.0 Å². The van der Waals surface area contributed by atoms with Gasteiger partial charge in [0.2, 0.25) is 0 Å². The number of anilines is 1. The second-order valence-electron chi connectivity index (χ2n) is 2.64. The average Bonchev–Trinajstić information content (AvgIpc) is 2.18. The summed E-state index contributed by atoms with van der Waals surface area (Å²) in [6.45, 7) is 0. The van der Waals surface area contributed by atoms with Crippen LogP contribution in [0.3, 0.4) is 0 Å². The van der Waals surface area contributed by atoms with Gasteiger partial charge in [0.15, 0.2) is 11.6 Å². The van der Waals surface area contributed by atoms with Gasteiger partial charge in [-0.2, -0.15) is 5.26 Å². The Labute approximate surface area is 80.3 Å². The molecule has 0 saturated heterocycles. The average molecular weight is 194 g/mol. The highest BCUT2D eigenvalue weighted by Gasteiger charge is 2.08. The van der Waals surface area contributed by atoms with Crippen molar-refractivity contribution in [3.05, 3.63) is 35.4 Å². The lowest BCUT2D eigenvalue weighted by atomic mass is 10.1. The molecule has 1 aromatic carbocycles. The highest BCUT2D eigenvalue weighted by Crippen LogP contribution is 2.18. The lowest BCUT2D eigenvalue weighted by Gasteiger charge is -2.00. The molecule has 0 fully saturated rings. The molecule has 0 aliphatic heterocycles. The zero-order valence-electron chi connectivity index (χ0n) is 7.30. The molecule has 2 N–H and O–H groups in total. The van der Waals surface area contributed by atoms with E-state index >= 15 is 0 Å². The van der Waals surface area contributed by atoms with Crippen LogP contribution in [0.2, 0.25) is 0 Å². The molecule has 0 heterocycles. The SMILES string of the molecule is N#CCC=Cc1ccc(N)c(F)c1F. The summed E-state index contributed by atoms with van der Waals surface area (Å²) in [5.74, 6) is -2.04. The molecule has 14 heavy (non-hydrogen) atoms. The van der Waals surface area contributed by atoms with Crippen molar-refractivity contribution in [2.45, 2.75) is 6.42 Å². The van der Waals surface area contributed by atoms with Gasteiger partial charge in [-0.3, -0.25) is 0 Å². The molecule has 0 atom stereocenters. The summed E-state index contributed by atoms with van der Waals surface area (Å²) in [5.41, 5.74) is 5.02. The lowest BCUT2D eigenvalue weighted by Crippen LogP contribution is -1.96. The number of halogens is 2. The number of nitrogens with two attached hydrogens (primary N) is 1. The van der Waals surface area contributed by atoms with E-state index in [4.69, 9.17) is 11.0 Å². The molecule has 1 aromatic rings. The third kappa shape index (κ3) is 2.07. The van der Waals surface area contributed by atoms with E-state index in [9.17, 15) is 8.78 Å². The largest absolute Gasteiger partial charge is 0.396 e. The fraction of sp³-hybridized carbons (Fsp3) is 0.100. The van der Waals surface area contributed by atoms with Crippen molar-refractivity contribution in [1.82, 2.24) is 0 Å². The van der Waals surface area contributed by atoms with Crippen LogP contribution in [0.25, 0.3) is 6.08 Å².